The number of hydrogen-bond acceptors (Lipinski definition) is 3. The van der Waals surface area contributed by atoms with Crippen molar-refractivity contribution >= 4 is 11.4 Å². The molecule has 1 rings (SSSR count). The summed E-state index contributed by atoms with van der Waals surface area (Å²) in [7, 11) is 0. The van der Waals surface area contributed by atoms with Gasteiger partial charge in [-0.05, 0) is 44.4 Å². The van der Waals surface area contributed by atoms with Crippen molar-refractivity contribution < 1.29 is 0 Å². The number of hydrogen-bond donors (Lipinski definition) is 1. The summed E-state index contributed by atoms with van der Waals surface area (Å²) in [4.78, 5) is 4.13. The molecule has 0 saturated carbocycles. The molecule has 0 aromatic heterocycles. The summed E-state index contributed by atoms with van der Waals surface area (Å²) in [5, 5.41) is 12.2. The molecule has 0 spiro atoms. The van der Waals surface area contributed by atoms with E-state index in [0.717, 1.165) is 17.7 Å². The van der Waals surface area contributed by atoms with Gasteiger partial charge in [-0.25, -0.2) is 4.99 Å². The van der Waals surface area contributed by atoms with E-state index < -0.39 is 0 Å². The van der Waals surface area contributed by atoms with Crippen LogP contribution in [0, 0.1) is 11.3 Å². The third-order valence-corrected chi connectivity index (χ3v) is 2.91. The Morgan fingerprint density at radius 3 is 2.52 bits per heavy atom. The highest BCUT2D eigenvalue weighted by Crippen LogP contribution is 2.14. The molecule has 0 amide bonds. The summed E-state index contributed by atoms with van der Waals surface area (Å²) in [6.07, 6.45) is 5.17. The number of anilines is 1. The molecule has 0 radical (unpaired) electrons. The lowest BCUT2D eigenvalue weighted by Crippen LogP contribution is -2.08. The van der Waals surface area contributed by atoms with E-state index in [-0.39, 0.29) is 0 Å². The van der Waals surface area contributed by atoms with Gasteiger partial charge in [-0.2, -0.15) is 5.26 Å². The van der Waals surface area contributed by atoms with Crippen LogP contribution in [0.2, 0.25) is 0 Å². The number of rotatable bonds is 7. The first-order chi connectivity index (χ1) is 10.1. The molecule has 1 N–H and O–H groups in total. The highest BCUT2D eigenvalue weighted by molar-refractivity contribution is 6.12. The average Bonchev–Trinajstić information content (AvgIpc) is 2.47. The number of aryl methyl sites for hydroxylation is 1. The molecule has 3 nitrogen and oxygen atoms in total. The Balaban J connectivity index is 2.72. The van der Waals surface area contributed by atoms with Crippen molar-refractivity contribution in [1.29, 1.82) is 5.26 Å². The highest BCUT2D eigenvalue weighted by Gasteiger charge is 2.03. The van der Waals surface area contributed by atoms with Crippen molar-refractivity contribution in [3.8, 4) is 6.07 Å². The van der Waals surface area contributed by atoms with Gasteiger partial charge in [0, 0.05) is 11.9 Å². The summed E-state index contributed by atoms with van der Waals surface area (Å²) in [5.41, 5.74) is 4.09. The number of allylic oxidation sites excluding steroid dienone is 2. The maximum absolute atomic E-state index is 9.12. The van der Waals surface area contributed by atoms with Gasteiger partial charge in [0.05, 0.1) is 5.70 Å². The largest absolute Gasteiger partial charge is 0.354 e. The number of aliphatic imine (C=N–C) groups is 1. The van der Waals surface area contributed by atoms with Crippen molar-refractivity contribution in [3.05, 3.63) is 53.9 Å². The van der Waals surface area contributed by atoms with Crippen LogP contribution in [0.5, 0.6) is 0 Å². The zero-order valence-corrected chi connectivity index (χ0v) is 13.1. The summed E-state index contributed by atoms with van der Waals surface area (Å²) in [6, 6.07) is 10.3. The molecular formula is C18H23N3. The maximum atomic E-state index is 9.12. The van der Waals surface area contributed by atoms with Crippen molar-refractivity contribution in [3.63, 3.8) is 0 Å². The Hall–Kier alpha value is -2.34. The molecule has 3 heteroatoms. The van der Waals surface area contributed by atoms with E-state index in [4.69, 9.17) is 5.26 Å². The first-order valence-corrected chi connectivity index (χ1v) is 7.23. The van der Waals surface area contributed by atoms with Crippen molar-refractivity contribution in [2.75, 3.05) is 5.32 Å². The highest BCUT2D eigenvalue weighted by atomic mass is 14.9. The second kappa shape index (κ2) is 8.76. The van der Waals surface area contributed by atoms with Gasteiger partial charge in [0.25, 0.3) is 0 Å². The monoisotopic (exact) mass is 281 g/mol. The summed E-state index contributed by atoms with van der Waals surface area (Å²) >= 11 is 0. The Bertz CT molecular complexity index is 567. The molecule has 0 atom stereocenters. The minimum Gasteiger partial charge on any atom is -0.354 e. The van der Waals surface area contributed by atoms with Crippen LogP contribution in [0.1, 0.15) is 39.2 Å². The van der Waals surface area contributed by atoms with Crippen LogP contribution in [-0.4, -0.2) is 5.71 Å². The minimum atomic E-state index is 0.297. The van der Waals surface area contributed by atoms with E-state index in [1.54, 1.807) is 6.20 Å². The third kappa shape index (κ3) is 6.09. The van der Waals surface area contributed by atoms with Gasteiger partial charge in [0.2, 0.25) is 0 Å². The molecule has 0 unspecified atom stereocenters. The van der Waals surface area contributed by atoms with Gasteiger partial charge >= 0.3 is 0 Å². The van der Waals surface area contributed by atoms with Gasteiger partial charge in [-0.15, -0.1) is 0 Å². The predicted molar refractivity (Wildman–Crippen MR) is 90.3 cm³/mol. The van der Waals surface area contributed by atoms with Gasteiger partial charge in [-0.3, -0.25) is 0 Å². The summed E-state index contributed by atoms with van der Waals surface area (Å²) in [5.74, 6) is 0. The first kappa shape index (κ1) is 16.7. The van der Waals surface area contributed by atoms with E-state index in [9.17, 15) is 0 Å². The van der Waals surface area contributed by atoms with Gasteiger partial charge in [-0.1, -0.05) is 37.6 Å². The van der Waals surface area contributed by atoms with Crippen LogP contribution < -0.4 is 5.32 Å². The molecule has 0 aliphatic rings. The molecule has 0 fully saturated rings. The van der Waals surface area contributed by atoms with Gasteiger partial charge < -0.3 is 5.32 Å². The molecular weight excluding hydrogens is 258 g/mol. The quantitative estimate of drug-likeness (QED) is 0.727. The SMILES string of the molecule is C=C(Nc1ccc(CCCC)cc1)C(C#N)=NC=C(C)C. The van der Waals surface area contributed by atoms with Crippen LogP contribution in [0.4, 0.5) is 5.69 Å². The van der Waals surface area contributed by atoms with Crippen LogP contribution in [-0.2, 0) is 6.42 Å². The Labute approximate surface area is 127 Å². The second-order valence-electron chi connectivity index (χ2n) is 5.20. The standard InChI is InChI=1S/C18H23N3/c1-5-6-7-16-8-10-17(11-9-16)21-15(4)18(12-19)20-13-14(2)3/h8-11,13,21H,4-7H2,1-3H3. The lowest BCUT2D eigenvalue weighted by Gasteiger charge is -2.08. The maximum Gasteiger partial charge on any atom is 0.163 e. The molecule has 0 heterocycles. The van der Waals surface area contributed by atoms with Crippen molar-refractivity contribution in [2.45, 2.75) is 40.0 Å². The molecule has 21 heavy (non-hydrogen) atoms. The smallest absolute Gasteiger partial charge is 0.163 e. The fourth-order valence-electron chi connectivity index (χ4n) is 1.74. The number of benzene rings is 1. The number of nitrogens with zero attached hydrogens (tertiary/aromatic N) is 2. The van der Waals surface area contributed by atoms with Crippen LogP contribution in [0.3, 0.4) is 0 Å². The van der Waals surface area contributed by atoms with Gasteiger partial charge in [0.1, 0.15) is 6.07 Å². The fourth-order valence-corrected chi connectivity index (χ4v) is 1.74. The fraction of sp³-hybridized carbons (Fsp3) is 0.333. The minimum absolute atomic E-state index is 0.297. The molecule has 110 valence electrons. The lowest BCUT2D eigenvalue weighted by atomic mass is 10.1. The second-order valence-corrected chi connectivity index (χ2v) is 5.20. The normalized spacial score (nSPS) is 10.7. The van der Waals surface area contributed by atoms with E-state index in [1.807, 2.05) is 26.0 Å². The average molecular weight is 281 g/mol. The van der Waals surface area contributed by atoms with Crippen molar-refractivity contribution in [1.82, 2.24) is 0 Å². The Kier molecular flexibility index (Phi) is 6.97. The lowest BCUT2D eigenvalue weighted by molar-refractivity contribution is 0.795. The Morgan fingerprint density at radius 2 is 2.00 bits per heavy atom. The van der Waals surface area contributed by atoms with Gasteiger partial charge in [0.15, 0.2) is 5.71 Å². The first-order valence-electron chi connectivity index (χ1n) is 7.23. The van der Waals surface area contributed by atoms with E-state index in [1.165, 1.54) is 18.4 Å². The van der Waals surface area contributed by atoms with E-state index in [0.29, 0.717) is 11.4 Å². The summed E-state index contributed by atoms with van der Waals surface area (Å²) in [6.45, 7) is 9.94. The van der Waals surface area contributed by atoms with Crippen LogP contribution in [0.25, 0.3) is 0 Å². The Morgan fingerprint density at radius 1 is 1.33 bits per heavy atom. The third-order valence-electron chi connectivity index (χ3n) is 2.91. The zero-order valence-electron chi connectivity index (χ0n) is 13.1. The molecule has 0 saturated heterocycles. The number of nitrogens with one attached hydrogen (secondary N) is 1. The van der Waals surface area contributed by atoms with Crippen molar-refractivity contribution in [2.24, 2.45) is 4.99 Å². The van der Waals surface area contributed by atoms with Crippen LogP contribution >= 0.6 is 0 Å². The predicted octanol–water partition coefficient (Wildman–Crippen LogP) is 4.84. The van der Waals surface area contributed by atoms with E-state index in [2.05, 4.69) is 42.0 Å². The van der Waals surface area contributed by atoms with Crippen LogP contribution in [0.15, 0.2) is 53.3 Å². The topological polar surface area (TPSA) is 48.2 Å². The van der Waals surface area contributed by atoms with E-state index >= 15 is 0 Å². The zero-order chi connectivity index (χ0) is 15.7. The summed E-state index contributed by atoms with van der Waals surface area (Å²) < 4.78 is 0. The number of unbranched alkanes of at least 4 members (excludes halogenated alkanes) is 1. The molecule has 0 aliphatic heterocycles. The molecule has 1 aromatic rings. The molecule has 0 bridgehead atoms. The molecule has 0 aliphatic carbocycles. The molecule has 1 aromatic carbocycles. The number of nitriles is 1.